The van der Waals surface area contributed by atoms with Gasteiger partial charge < -0.3 is 26.1 Å². The van der Waals surface area contributed by atoms with Crippen molar-refractivity contribution in [3.05, 3.63) is 41.7 Å². The third-order valence-corrected chi connectivity index (χ3v) is 6.34. The van der Waals surface area contributed by atoms with Crippen LogP contribution in [0.3, 0.4) is 0 Å². The number of carbonyl (C=O) groups excluding carboxylic acids is 5. The van der Waals surface area contributed by atoms with Crippen molar-refractivity contribution >= 4 is 36.0 Å². The Hall–Kier alpha value is -3.56. The second-order valence-corrected chi connectivity index (χ2v) is 10.4. The van der Waals surface area contributed by atoms with Crippen LogP contribution in [0.5, 0.6) is 0 Å². The number of halogens is 1. The van der Waals surface area contributed by atoms with Crippen LogP contribution in [0.15, 0.2) is 30.3 Å². The number of benzene rings is 1. The number of aldehydes is 1. The molecule has 10 heteroatoms. The molecule has 0 radical (unpaired) electrons. The predicted octanol–water partition coefficient (Wildman–Crippen LogP) is 2.11. The topological polar surface area (TPSA) is 133 Å². The fourth-order valence-electron chi connectivity index (χ4n) is 4.28. The molecule has 208 valence electrons. The highest BCUT2D eigenvalue weighted by atomic mass is 19.1. The van der Waals surface area contributed by atoms with Crippen molar-refractivity contribution in [3.63, 3.8) is 0 Å². The molecular formula is C28H39FN4O5. The minimum absolute atomic E-state index is 0.0423. The van der Waals surface area contributed by atoms with Crippen molar-refractivity contribution < 1.29 is 28.4 Å². The number of rotatable bonds is 13. The molecule has 38 heavy (non-hydrogen) atoms. The maximum Gasteiger partial charge on any atom is 0.244 e. The zero-order valence-electron chi connectivity index (χ0n) is 22.5. The number of hydrogen-bond acceptors (Lipinski definition) is 5. The van der Waals surface area contributed by atoms with E-state index in [0.717, 1.165) is 12.5 Å². The first kappa shape index (κ1) is 30.7. The van der Waals surface area contributed by atoms with Gasteiger partial charge in [-0.05, 0) is 49.7 Å². The Balaban J connectivity index is 2.06. The van der Waals surface area contributed by atoms with Gasteiger partial charge in [0.05, 0.1) is 6.04 Å². The molecule has 4 N–H and O–H groups in total. The maximum absolute atomic E-state index is 13.8. The molecule has 0 saturated carbocycles. The zero-order chi connectivity index (χ0) is 28.2. The van der Waals surface area contributed by atoms with Crippen LogP contribution >= 0.6 is 0 Å². The lowest BCUT2D eigenvalue weighted by Gasteiger charge is -2.28. The second kappa shape index (κ2) is 15.0. The maximum atomic E-state index is 13.8. The largest absolute Gasteiger partial charge is 0.356 e. The van der Waals surface area contributed by atoms with Crippen LogP contribution in [-0.2, 0) is 24.0 Å². The summed E-state index contributed by atoms with van der Waals surface area (Å²) in [7, 11) is 0. The first-order valence-electron chi connectivity index (χ1n) is 13.1. The van der Waals surface area contributed by atoms with E-state index in [1.807, 2.05) is 13.8 Å². The SMILES string of the molecule is CC(C)C[C@H](NC(=O)[C@@H](NC(=O)/C=C/c1ccccc1F)C(C)C)C(=O)N[C@H](C=O)C[C@@H]1CCCNC1=O. The molecule has 1 aromatic rings. The smallest absolute Gasteiger partial charge is 0.244 e. The molecule has 9 nitrogen and oxygen atoms in total. The summed E-state index contributed by atoms with van der Waals surface area (Å²) in [5.41, 5.74) is 0.234. The Morgan fingerprint density at radius 2 is 1.79 bits per heavy atom. The Morgan fingerprint density at radius 3 is 2.39 bits per heavy atom. The van der Waals surface area contributed by atoms with Crippen LogP contribution in [0.25, 0.3) is 6.08 Å². The average molecular weight is 531 g/mol. The van der Waals surface area contributed by atoms with E-state index in [0.29, 0.717) is 25.7 Å². The van der Waals surface area contributed by atoms with Gasteiger partial charge in [0.15, 0.2) is 0 Å². The minimum Gasteiger partial charge on any atom is -0.356 e. The van der Waals surface area contributed by atoms with Crippen molar-refractivity contribution in [2.45, 2.75) is 71.5 Å². The van der Waals surface area contributed by atoms with E-state index < -0.39 is 41.7 Å². The van der Waals surface area contributed by atoms with Gasteiger partial charge >= 0.3 is 0 Å². The minimum atomic E-state index is -0.956. The normalized spacial score (nSPS) is 18.0. The van der Waals surface area contributed by atoms with E-state index in [1.54, 1.807) is 26.0 Å². The van der Waals surface area contributed by atoms with Crippen LogP contribution in [0, 0.1) is 23.6 Å². The van der Waals surface area contributed by atoms with Crippen LogP contribution < -0.4 is 21.3 Å². The Morgan fingerprint density at radius 1 is 1.08 bits per heavy atom. The van der Waals surface area contributed by atoms with Gasteiger partial charge in [-0.1, -0.05) is 45.9 Å². The second-order valence-electron chi connectivity index (χ2n) is 10.4. The molecular weight excluding hydrogens is 491 g/mol. The van der Waals surface area contributed by atoms with Crippen LogP contribution in [-0.4, -0.2) is 54.6 Å². The molecule has 2 rings (SSSR count). The van der Waals surface area contributed by atoms with E-state index in [4.69, 9.17) is 0 Å². The summed E-state index contributed by atoms with van der Waals surface area (Å²) in [6.07, 6.45) is 5.00. The molecule has 1 saturated heterocycles. The van der Waals surface area contributed by atoms with E-state index >= 15 is 0 Å². The third-order valence-electron chi connectivity index (χ3n) is 6.34. The van der Waals surface area contributed by atoms with E-state index in [-0.39, 0.29) is 35.6 Å². The third kappa shape index (κ3) is 9.72. The molecule has 1 heterocycles. The monoisotopic (exact) mass is 530 g/mol. The average Bonchev–Trinajstić information content (AvgIpc) is 2.86. The van der Waals surface area contributed by atoms with Gasteiger partial charge in [0, 0.05) is 24.1 Å². The van der Waals surface area contributed by atoms with Gasteiger partial charge in [-0.2, -0.15) is 0 Å². The number of amides is 4. The molecule has 4 atom stereocenters. The zero-order valence-corrected chi connectivity index (χ0v) is 22.5. The van der Waals surface area contributed by atoms with Gasteiger partial charge in [-0.3, -0.25) is 19.2 Å². The van der Waals surface area contributed by atoms with Gasteiger partial charge in [-0.25, -0.2) is 4.39 Å². The van der Waals surface area contributed by atoms with Crippen molar-refractivity contribution in [2.24, 2.45) is 17.8 Å². The van der Waals surface area contributed by atoms with E-state index in [2.05, 4.69) is 21.3 Å². The Kier molecular flexibility index (Phi) is 12.1. The highest BCUT2D eigenvalue weighted by molar-refractivity contribution is 5.97. The van der Waals surface area contributed by atoms with Crippen LogP contribution in [0.1, 0.15) is 58.9 Å². The Labute approximate surface area is 223 Å². The lowest BCUT2D eigenvalue weighted by Crippen LogP contribution is -2.56. The summed E-state index contributed by atoms with van der Waals surface area (Å²) in [5.74, 6) is -2.92. The fraction of sp³-hybridized carbons (Fsp3) is 0.536. The predicted molar refractivity (Wildman–Crippen MR) is 142 cm³/mol. The molecule has 0 bridgehead atoms. The van der Waals surface area contributed by atoms with Gasteiger partial charge in [0.2, 0.25) is 23.6 Å². The summed E-state index contributed by atoms with van der Waals surface area (Å²) >= 11 is 0. The number of nitrogens with one attached hydrogen (secondary N) is 4. The van der Waals surface area contributed by atoms with Crippen LogP contribution in [0.4, 0.5) is 4.39 Å². The lowest BCUT2D eigenvalue weighted by atomic mass is 9.91. The first-order valence-corrected chi connectivity index (χ1v) is 13.1. The highest BCUT2D eigenvalue weighted by Crippen LogP contribution is 2.17. The van der Waals surface area contributed by atoms with Crippen molar-refractivity contribution in [2.75, 3.05) is 6.54 Å². The van der Waals surface area contributed by atoms with Crippen molar-refractivity contribution in [1.29, 1.82) is 0 Å². The van der Waals surface area contributed by atoms with Gasteiger partial charge in [0.1, 0.15) is 24.2 Å². The quantitative estimate of drug-likeness (QED) is 0.229. The standard InChI is InChI=1S/C28H39FN4O5/c1-17(2)14-23(27(37)31-21(16-34)15-20-9-7-13-30-26(20)36)32-28(38)25(18(3)4)33-24(35)12-11-19-8-5-6-10-22(19)29/h5-6,8,10-12,16-18,20-21,23,25H,7,9,13-15H2,1-4H3,(H,30,36)(H,31,37)(H,32,38)(H,33,35)/b12-11+/t20-,21-,23-,25-/m0/s1. The van der Waals surface area contributed by atoms with Gasteiger partial charge in [-0.15, -0.1) is 0 Å². The molecule has 0 aromatic heterocycles. The van der Waals surface area contributed by atoms with Crippen molar-refractivity contribution in [3.8, 4) is 0 Å². The summed E-state index contributed by atoms with van der Waals surface area (Å²) in [6.45, 7) is 7.89. The van der Waals surface area contributed by atoms with E-state index in [9.17, 15) is 28.4 Å². The highest BCUT2D eigenvalue weighted by Gasteiger charge is 2.31. The summed E-state index contributed by atoms with van der Waals surface area (Å²) in [5, 5.41) is 10.8. The number of hydrogen-bond donors (Lipinski definition) is 4. The first-order chi connectivity index (χ1) is 18.0. The number of carbonyl (C=O) groups is 5. The Bertz CT molecular complexity index is 1030. The van der Waals surface area contributed by atoms with E-state index in [1.165, 1.54) is 18.2 Å². The molecule has 0 spiro atoms. The van der Waals surface area contributed by atoms with Crippen molar-refractivity contribution in [1.82, 2.24) is 21.3 Å². The molecule has 1 fully saturated rings. The summed E-state index contributed by atoms with van der Waals surface area (Å²) in [4.78, 5) is 62.5. The molecule has 1 aliphatic rings. The number of piperidine rings is 1. The van der Waals surface area contributed by atoms with Crippen LogP contribution in [0.2, 0.25) is 0 Å². The molecule has 1 aliphatic heterocycles. The molecule has 1 aromatic carbocycles. The molecule has 0 aliphatic carbocycles. The molecule has 0 unspecified atom stereocenters. The summed E-state index contributed by atoms with van der Waals surface area (Å²) in [6, 6.07) is 3.21. The lowest BCUT2D eigenvalue weighted by molar-refractivity contribution is -0.133. The summed E-state index contributed by atoms with van der Waals surface area (Å²) < 4.78 is 13.8. The van der Waals surface area contributed by atoms with Gasteiger partial charge in [0.25, 0.3) is 0 Å². The molecule has 4 amide bonds. The fourth-order valence-corrected chi connectivity index (χ4v) is 4.28.